The van der Waals surface area contributed by atoms with Crippen LogP contribution in [0.15, 0.2) is 23.0 Å². The number of alkyl carbamates (subject to hydrolysis) is 1. The second-order valence-corrected chi connectivity index (χ2v) is 10.7. The van der Waals surface area contributed by atoms with Gasteiger partial charge in [-0.1, -0.05) is 0 Å². The number of phenols is 1. The van der Waals surface area contributed by atoms with Crippen LogP contribution in [0, 0.1) is 11.8 Å². The summed E-state index contributed by atoms with van der Waals surface area (Å²) in [5.74, 6) is -7.17. The zero-order valence-corrected chi connectivity index (χ0v) is 22.9. The Hall–Kier alpha value is -4.10. The second-order valence-electron chi connectivity index (χ2n) is 10.7. The Kier molecular flexibility index (Phi) is 7.32. The standard InChI is InChI=1S/C27H34N4O9/c1-6-40-26(38)29-10-12-9-15(30(2)3)13-7-11-8-14-19(31(4)5)22(34)18(25(28)37)24(36)27(14,39)23(35)16(11)21(33)17(13)20(12)32/h9,11,14,19,32-33,36,39H,6-8,10H2,1-5H3,(H2,28,37)(H,29,38)/t11-,14-,19-,27-/m1/s1. The molecule has 13 nitrogen and oxygen atoms in total. The number of phenolic OH excluding ortho intramolecular Hbond substituents is 1. The number of rotatable bonds is 6. The van der Waals surface area contributed by atoms with Crippen molar-refractivity contribution < 1.29 is 44.3 Å². The molecule has 0 saturated heterocycles. The molecule has 0 aromatic heterocycles. The molecule has 0 bridgehead atoms. The SMILES string of the molecule is CCOC(=O)NCc1cc(N(C)C)c2c(c1O)C(O)=C1C(=O)[C@@]3(O)C(O)=C(C(N)=O)C(=O)[C@H](N(C)C)[C@H]3C[C@H]1C2. The van der Waals surface area contributed by atoms with Crippen molar-refractivity contribution in [3.8, 4) is 5.75 Å². The number of carbonyl (C=O) groups excluding carboxylic acids is 4. The van der Waals surface area contributed by atoms with Crippen molar-refractivity contribution in [3.05, 3.63) is 39.7 Å². The minimum Gasteiger partial charge on any atom is -0.508 e. The molecule has 1 fully saturated rings. The van der Waals surface area contributed by atoms with E-state index in [0.29, 0.717) is 11.3 Å². The molecule has 4 rings (SSSR count). The molecule has 4 atom stereocenters. The first-order chi connectivity index (χ1) is 18.7. The van der Waals surface area contributed by atoms with Crippen molar-refractivity contribution in [1.82, 2.24) is 10.2 Å². The number of ketones is 2. The van der Waals surface area contributed by atoms with Crippen LogP contribution in [0.4, 0.5) is 10.5 Å². The number of benzene rings is 1. The van der Waals surface area contributed by atoms with Gasteiger partial charge < -0.3 is 41.1 Å². The number of ether oxygens (including phenoxy) is 1. The monoisotopic (exact) mass is 558 g/mol. The first-order valence-corrected chi connectivity index (χ1v) is 12.8. The number of nitrogens with one attached hydrogen (secondary N) is 1. The maximum Gasteiger partial charge on any atom is 0.407 e. The highest BCUT2D eigenvalue weighted by atomic mass is 16.5. The Labute approximate surface area is 230 Å². The van der Waals surface area contributed by atoms with Gasteiger partial charge in [-0.3, -0.25) is 19.3 Å². The van der Waals surface area contributed by atoms with Crippen LogP contribution in [-0.4, -0.2) is 95.3 Å². The maximum absolute atomic E-state index is 14.0. The van der Waals surface area contributed by atoms with E-state index in [1.54, 1.807) is 46.1 Å². The van der Waals surface area contributed by atoms with Gasteiger partial charge in [0.25, 0.3) is 5.91 Å². The summed E-state index contributed by atoms with van der Waals surface area (Å²) in [4.78, 5) is 54.4. The Morgan fingerprint density at radius 2 is 1.82 bits per heavy atom. The van der Waals surface area contributed by atoms with Gasteiger partial charge in [0.1, 0.15) is 22.8 Å². The second kappa shape index (κ2) is 10.1. The van der Waals surface area contributed by atoms with Crippen LogP contribution in [0.5, 0.6) is 5.75 Å². The lowest BCUT2D eigenvalue weighted by Crippen LogP contribution is -2.65. The lowest BCUT2D eigenvalue weighted by atomic mass is 9.57. The molecular formula is C27H34N4O9. The number of carbonyl (C=O) groups is 4. The number of aliphatic hydroxyl groups excluding tert-OH is 2. The first kappa shape index (κ1) is 28.9. The lowest BCUT2D eigenvalue weighted by Gasteiger charge is -2.50. The van der Waals surface area contributed by atoms with Crippen LogP contribution in [0.1, 0.15) is 30.0 Å². The Bertz CT molecular complexity index is 1380. The van der Waals surface area contributed by atoms with Crippen LogP contribution in [-0.2, 0) is 32.1 Å². The number of anilines is 1. The van der Waals surface area contributed by atoms with Gasteiger partial charge in [-0.25, -0.2) is 4.79 Å². The molecule has 0 unspecified atom stereocenters. The minimum atomic E-state index is -2.71. The smallest absolute Gasteiger partial charge is 0.407 e. The Morgan fingerprint density at radius 1 is 1.18 bits per heavy atom. The summed E-state index contributed by atoms with van der Waals surface area (Å²) >= 11 is 0. The number of amides is 2. The summed E-state index contributed by atoms with van der Waals surface area (Å²) in [5, 5.41) is 47.9. The van der Waals surface area contributed by atoms with Gasteiger partial charge >= 0.3 is 6.09 Å². The van der Waals surface area contributed by atoms with E-state index in [1.165, 1.54) is 4.90 Å². The topological polar surface area (TPSA) is 203 Å². The van der Waals surface area contributed by atoms with E-state index in [1.807, 2.05) is 0 Å². The number of aromatic hydroxyl groups is 1. The number of primary amides is 1. The molecule has 0 spiro atoms. The molecule has 0 radical (unpaired) electrons. The van der Waals surface area contributed by atoms with Gasteiger partial charge in [0.2, 0.25) is 5.78 Å². The van der Waals surface area contributed by atoms with E-state index in [4.69, 9.17) is 10.5 Å². The minimum absolute atomic E-state index is 0.00838. The van der Waals surface area contributed by atoms with Gasteiger partial charge in [-0.05, 0) is 51.4 Å². The number of aliphatic hydroxyl groups is 3. The predicted octanol–water partition coefficient (Wildman–Crippen LogP) is 0.276. The number of nitrogens with two attached hydrogens (primary N) is 1. The average Bonchev–Trinajstić information content (AvgIpc) is 2.85. The normalized spacial score (nSPS) is 25.8. The highest BCUT2D eigenvalue weighted by Gasteiger charge is 2.64. The fourth-order valence-corrected chi connectivity index (χ4v) is 6.23. The number of likely N-dealkylation sites (N-methyl/N-ethyl adjacent to an activating group) is 1. The Morgan fingerprint density at radius 3 is 2.38 bits per heavy atom. The zero-order chi connectivity index (χ0) is 29.8. The van der Waals surface area contributed by atoms with Gasteiger partial charge in [0.05, 0.1) is 18.2 Å². The van der Waals surface area contributed by atoms with Crippen LogP contribution in [0.25, 0.3) is 5.76 Å². The summed E-state index contributed by atoms with van der Waals surface area (Å²) in [6, 6.07) is 0.496. The van der Waals surface area contributed by atoms with Crippen molar-refractivity contribution in [1.29, 1.82) is 0 Å². The first-order valence-electron chi connectivity index (χ1n) is 12.8. The van der Waals surface area contributed by atoms with E-state index >= 15 is 0 Å². The zero-order valence-electron chi connectivity index (χ0n) is 22.9. The fraction of sp³-hybridized carbons (Fsp3) is 0.481. The molecular weight excluding hydrogens is 524 g/mol. The van der Waals surface area contributed by atoms with Crippen molar-refractivity contribution in [2.24, 2.45) is 17.6 Å². The molecule has 1 aromatic rings. The largest absolute Gasteiger partial charge is 0.508 e. The lowest BCUT2D eigenvalue weighted by molar-refractivity contribution is -0.153. The molecule has 3 aliphatic carbocycles. The molecule has 3 aliphatic rings. The molecule has 216 valence electrons. The molecule has 1 saturated carbocycles. The van der Waals surface area contributed by atoms with Crippen LogP contribution >= 0.6 is 0 Å². The summed E-state index contributed by atoms with van der Waals surface area (Å²) in [6.07, 6.45) is -0.563. The van der Waals surface area contributed by atoms with E-state index in [0.717, 1.165) is 0 Å². The third kappa shape index (κ3) is 4.16. The van der Waals surface area contributed by atoms with Crippen LogP contribution in [0.3, 0.4) is 0 Å². The van der Waals surface area contributed by atoms with E-state index < -0.39 is 64.1 Å². The summed E-state index contributed by atoms with van der Waals surface area (Å²) in [5.41, 5.74) is 2.83. The number of Topliss-reactive ketones (excluding diaryl/α,β-unsaturated/α-hetero) is 2. The van der Waals surface area contributed by atoms with Gasteiger partial charge in [-0.15, -0.1) is 0 Å². The van der Waals surface area contributed by atoms with E-state index in [2.05, 4.69) is 5.32 Å². The summed E-state index contributed by atoms with van der Waals surface area (Å²) in [6.45, 7) is 1.63. The van der Waals surface area contributed by atoms with Crippen molar-refractivity contribution in [2.75, 3.05) is 39.7 Å². The van der Waals surface area contributed by atoms with Gasteiger partial charge in [0.15, 0.2) is 11.4 Å². The highest BCUT2D eigenvalue weighted by molar-refractivity contribution is 6.24. The quantitative estimate of drug-likeness (QED) is 0.262. The van der Waals surface area contributed by atoms with Crippen LogP contribution in [0.2, 0.25) is 0 Å². The van der Waals surface area contributed by atoms with Crippen molar-refractivity contribution >= 4 is 35.0 Å². The molecule has 13 heteroatoms. The number of nitrogens with zero attached hydrogens (tertiary/aromatic N) is 2. The molecule has 0 heterocycles. The van der Waals surface area contributed by atoms with E-state index in [9.17, 15) is 39.6 Å². The fourth-order valence-electron chi connectivity index (χ4n) is 6.23. The number of hydrogen-bond acceptors (Lipinski definition) is 11. The molecule has 1 aromatic carbocycles. The summed E-state index contributed by atoms with van der Waals surface area (Å²) < 4.78 is 4.87. The third-order valence-corrected chi connectivity index (χ3v) is 7.96. The van der Waals surface area contributed by atoms with Gasteiger partial charge in [0, 0.05) is 43.4 Å². The van der Waals surface area contributed by atoms with Crippen molar-refractivity contribution in [3.63, 3.8) is 0 Å². The van der Waals surface area contributed by atoms with Gasteiger partial charge in [-0.2, -0.15) is 0 Å². The maximum atomic E-state index is 14.0. The van der Waals surface area contributed by atoms with E-state index in [-0.39, 0.29) is 48.4 Å². The Balaban J connectivity index is 1.92. The highest BCUT2D eigenvalue weighted by Crippen LogP contribution is 2.54. The molecule has 7 N–H and O–H groups in total. The number of fused-ring (bicyclic) bond motifs is 3. The van der Waals surface area contributed by atoms with Crippen molar-refractivity contribution in [2.45, 2.75) is 38.0 Å². The number of hydrogen-bond donors (Lipinski definition) is 6. The van der Waals surface area contributed by atoms with Crippen LogP contribution < -0.4 is 16.0 Å². The summed E-state index contributed by atoms with van der Waals surface area (Å²) in [7, 11) is 6.60. The predicted molar refractivity (Wildman–Crippen MR) is 142 cm³/mol. The average molecular weight is 559 g/mol. The molecule has 0 aliphatic heterocycles. The third-order valence-electron chi connectivity index (χ3n) is 7.96. The molecule has 2 amide bonds. The molecule has 40 heavy (non-hydrogen) atoms.